The number of nitrogens with zero attached hydrogens (tertiary/aromatic N) is 2. The number of carbonyl (C=O) groups excluding carboxylic acids is 1. The lowest BCUT2D eigenvalue weighted by Crippen LogP contribution is -2.35. The highest BCUT2D eigenvalue weighted by molar-refractivity contribution is 5.81. The van der Waals surface area contributed by atoms with Crippen molar-refractivity contribution >= 4 is 5.78 Å². The molecule has 1 aliphatic heterocycles. The van der Waals surface area contributed by atoms with Gasteiger partial charge in [0.15, 0.2) is 0 Å². The summed E-state index contributed by atoms with van der Waals surface area (Å²) in [5, 5.41) is 8.92. The lowest BCUT2D eigenvalue weighted by atomic mass is 10.1. The van der Waals surface area contributed by atoms with Gasteiger partial charge in [-0.3, -0.25) is 9.69 Å². The van der Waals surface area contributed by atoms with Crippen molar-refractivity contribution in [3.8, 4) is 11.8 Å². The fourth-order valence-corrected chi connectivity index (χ4v) is 2.25. The van der Waals surface area contributed by atoms with E-state index in [0.717, 1.165) is 24.3 Å². The van der Waals surface area contributed by atoms with Gasteiger partial charge in [0.05, 0.1) is 25.3 Å². The number of nitriles is 1. The molecule has 94 valence electrons. The number of likely N-dealkylation sites (tertiary alicyclic amines) is 1. The molecule has 1 aromatic carbocycles. The number of ether oxygens (including phenoxy) is 1. The molecule has 0 aliphatic carbocycles. The second-order valence-electron chi connectivity index (χ2n) is 4.49. The van der Waals surface area contributed by atoms with E-state index in [-0.39, 0.29) is 5.78 Å². The molecule has 0 amide bonds. The van der Waals surface area contributed by atoms with Gasteiger partial charge in [-0.15, -0.1) is 0 Å². The van der Waals surface area contributed by atoms with Crippen molar-refractivity contribution in [2.45, 2.75) is 19.4 Å². The van der Waals surface area contributed by atoms with E-state index in [9.17, 15) is 4.79 Å². The van der Waals surface area contributed by atoms with Gasteiger partial charge in [-0.1, -0.05) is 0 Å². The molecule has 4 heteroatoms. The lowest BCUT2D eigenvalue weighted by Gasteiger charge is -2.26. The van der Waals surface area contributed by atoms with Crippen molar-refractivity contribution in [1.82, 2.24) is 4.90 Å². The van der Waals surface area contributed by atoms with Crippen molar-refractivity contribution in [2.24, 2.45) is 0 Å². The second-order valence-corrected chi connectivity index (χ2v) is 4.49. The zero-order valence-electron chi connectivity index (χ0n) is 10.5. The van der Waals surface area contributed by atoms with E-state index < -0.39 is 0 Å². The molecule has 4 nitrogen and oxygen atoms in total. The Bertz CT molecular complexity index is 491. The van der Waals surface area contributed by atoms with E-state index >= 15 is 0 Å². The number of rotatable bonds is 3. The molecule has 18 heavy (non-hydrogen) atoms. The lowest BCUT2D eigenvalue weighted by molar-refractivity contribution is -0.122. The quantitative estimate of drug-likeness (QED) is 0.812. The highest BCUT2D eigenvalue weighted by atomic mass is 16.5. The SMILES string of the molecule is COc1ccc(C#N)cc1CN1CCCC(=O)C1. The van der Waals surface area contributed by atoms with Gasteiger partial charge < -0.3 is 4.74 Å². The third kappa shape index (κ3) is 2.88. The molecule has 0 spiro atoms. The highest BCUT2D eigenvalue weighted by Crippen LogP contribution is 2.22. The molecule has 1 fully saturated rings. The number of hydrogen-bond donors (Lipinski definition) is 0. The molecule has 0 aromatic heterocycles. The second kappa shape index (κ2) is 5.65. The van der Waals surface area contributed by atoms with Crippen LogP contribution < -0.4 is 4.74 Å². The van der Waals surface area contributed by atoms with E-state index in [0.29, 0.717) is 25.1 Å². The fraction of sp³-hybridized carbons (Fsp3) is 0.429. The largest absolute Gasteiger partial charge is 0.496 e. The van der Waals surface area contributed by atoms with Gasteiger partial charge in [0, 0.05) is 18.5 Å². The Kier molecular flexibility index (Phi) is 3.96. The van der Waals surface area contributed by atoms with E-state index in [1.54, 1.807) is 19.2 Å². The van der Waals surface area contributed by atoms with E-state index in [2.05, 4.69) is 11.0 Å². The summed E-state index contributed by atoms with van der Waals surface area (Å²) in [6.45, 7) is 2.08. The predicted octanol–water partition coefficient (Wildman–Crippen LogP) is 1.73. The number of piperidine rings is 1. The smallest absolute Gasteiger partial charge is 0.146 e. The van der Waals surface area contributed by atoms with Crippen LogP contribution >= 0.6 is 0 Å². The summed E-state index contributed by atoms with van der Waals surface area (Å²) in [7, 11) is 1.62. The summed E-state index contributed by atoms with van der Waals surface area (Å²) >= 11 is 0. The van der Waals surface area contributed by atoms with Crippen molar-refractivity contribution in [3.05, 3.63) is 29.3 Å². The first-order chi connectivity index (χ1) is 8.72. The summed E-state index contributed by atoms with van der Waals surface area (Å²) in [5.41, 5.74) is 1.58. The topological polar surface area (TPSA) is 53.3 Å². The molecule has 2 rings (SSSR count). The van der Waals surface area contributed by atoms with Crippen LogP contribution in [0.25, 0.3) is 0 Å². The molecule has 0 unspecified atom stereocenters. The van der Waals surface area contributed by atoms with Gasteiger partial charge in [0.2, 0.25) is 0 Å². The average molecular weight is 244 g/mol. The Hall–Kier alpha value is -1.86. The predicted molar refractivity (Wildman–Crippen MR) is 67.2 cm³/mol. The normalized spacial score (nSPS) is 16.3. The molecule has 1 aliphatic rings. The van der Waals surface area contributed by atoms with Crippen LogP contribution in [-0.2, 0) is 11.3 Å². The first-order valence-electron chi connectivity index (χ1n) is 6.04. The third-order valence-electron chi connectivity index (χ3n) is 3.13. The first kappa shape index (κ1) is 12.6. The molecular formula is C14H16N2O2. The molecule has 0 saturated carbocycles. The van der Waals surface area contributed by atoms with Crippen molar-refractivity contribution in [1.29, 1.82) is 5.26 Å². The Balaban J connectivity index is 2.16. The van der Waals surface area contributed by atoms with Gasteiger partial charge in [-0.2, -0.15) is 5.26 Å². The van der Waals surface area contributed by atoms with Crippen LogP contribution in [0.15, 0.2) is 18.2 Å². The van der Waals surface area contributed by atoms with Gasteiger partial charge in [-0.25, -0.2) is 0 Å². The summed E-state index contributed by atoms with van der Waals surface area (Å²) < 4.78 is 5.29. The maximum absolute atomic E-state index is 11.4. The van der Waals surface area contributed by atoms with Crippen LogP contribution in [0, 0.1) is 11.3 Å². The average Bonchev–Trinajstić information content (AvgIpc) is 2.38. The Labute approximate surface area is 107 Å². The first-order valence-corrected chi connectivity index (χ1v) is 6.04. The van der Waals surface area contributed by atoms with E-state index in [1.807, 2.05) is 6.07 Å². The summed E-state index contributed by atoms with van der Waals surface area (Å²) in [4.78, 5) is 13.5. The molecule has 0 atom stereocenters. The summed E-state index contributed by atoms with van der Waals surface area (Å²) in [6.07, 6.45) is 1.60. The molecule has 0 radical (unpaired) electrons. The molecule has 1 saturated heterocycles. The third-order valence-corrected chi connectivity index (χ3v) is 3.13. The maximum Gasteiger partial charge on any atom is 0.146 e. The van der Waals surface area contributed by atoms with Crippen LogP contribution in [-0.4, -0.2) is 30.9 Å². The minimum atomic E-state index is 0.289. The number of hydrogen-bond acceptors (Lipinski definition) is 4. The van der Waals surface area contributed by atoms with E-state index in [4.69, 9.17) is 10.00 Å². The summed E-state index contributed by atoms with van der Waals surface area (Å²) in [6, 6.07) is 7.50. The number of Topliss-reactive ketones (excluding diaryl/α,β-unsaturated/α-hetero) is 1. The fourth-order valence-electron chi connectivity index (χ4n) is 2.25. The van der Waals surface area contributed by atoms with Crippen LogP contribution in [0.1, 0.15) is 24.0 Å². The molecule has 0 bridgehead atoms. The number of carbonyl (C=O) groups is 1. The Morgan fingerprint density at radius 2 is 2.33 bits per heavy atom. The summed E-state index contributed by atoms with van der Waals surface area (Å²) in [5.74, 6) is 1.06. The Morgan fingerprint density at radius 1 is 1.50 bits per heavy atom. The van der Waals surface area contributed by atoms with Crippen molar-refractivity contribution in [2.75, 3.05) is 20.2 Å². The van der Waals surface area contributed by atoms with Crippen LogP contribution in [0.3, 0.4) is 0 Å². The number of ketones is 1. The molecule has 0 N–H and O–H groups in total. The standard InChI is InChI=1S/C14H16N2O2/c1-18-14-5-4-11(8-15)7-12(14)9-16-6-2-3-13(17)10-16/h4-5,7H,2-3,6,9-10H2,1H3. The zero-order chi connectivity index (χ0) is 13.0. The van der Waals surface area contributed by atoms with Gasteiger partial charge in [0.25, 0.3) is 0 Å². The van der Waals surface area contributed by atoms with Crippen LogP contribution in [0.2, 0.25) is 0 Å². The molecule has 1 heterocycles. The monoisotopic (exact) mass is 244 g/mol. The highest BCUT2D eigenvalue weighted by Gasteiger charge is 2.18. The van der Waals surface area contributed by atoms with Gasteiger partial charge in [-0.05, 0) is 31.2 Å². The zero-order valence-corrected chi connectivity index (χ0v) is 10.5. The molecule has 1 aromatic rings. The maximum atomic E-state index is 11.4. The minimum Gasteiger partial charge on any atom is -0.496 e. The van der Waals surface area contributed by atoms with Gasteiger partial charge >= 0.3 is 0 Å². The molecular weight excluding hydrogens is 228 g/mol. The number of benzene rings is 1. The van der Waals surface area contributed by atoms with Crippen molar-refractivity contribution in [3.63, 3.8) is 0 Å². The Morgan fingerprint density at radius 3 is 3.00 bits per heavy atom. The van der Waals surface area contributed by atoms with Crippen LogP contribution in [0.5, 0.6) is 5.75 Å². The number of methoxy groups -OCH3 is 1. The van der Waals surface area contributed by atoms with Gasteiger partial charge in [0.1, 0.15) is 11.5 Å². The van der Waals surface area contributed by atoms with Crippen molar-refractivity contribution < 1.29 is 9.53 Å². The van der Waals surface area contributed by atoms with E-state index in [1.165, 1.54) is 0 Å². The van der Waals surface area contributed by atoms with Crippen LogP contribution in [0.4, 0.5) is 0 Å². The minimum absolute atomic E-state index is 0.289.